The minimum absolute atomic E-state index is 0. The van der Waals surface area contributed by atoms with Gasteiger partial charge in [-0.05, 0) is 38.8 Å². The van der Waals surface area contributed by atoms with Crippen LogP contribution in [-0.2, 0) is 11.3 Å². The summed E-state index contributed by atoms with van der Waals surface area (Å²) in [6.07, 6.45) is 2.52. The van der Waals surface area contributed by atoms with Crippen LogP contribution in [0.25, 0.3) is 0 Å². The second-order valence-electron chi connectivity index (χ2n) is 8.10. The lowest BCUT2D eigenvalue weighted by Gasteiger charge is -2.38. The molecule has 0 saturated carbocycles. The number of aliphatic imine (C=N–C) groups is 1. The van der Waals surface area contributed by atoms with Gasteiger partial charge in [0, 0.05) is 51.4 Å². The predicted octanol–water partition coefficient (Wildman–Crippen LogP) is 2.54. The zero-order valence-corrected chi connectivity index (χ0v) is 20.5. The van der Waals surface area contributed by atoms with Crippen molar-refractivity contribution in [3.8, 4) is 0 Å². The van der Waals surface area contributed by atoms with Crippen LogP contribution in [0.4, 0.5) is 0 Å². The molecule has 0 amide bonds. The molecule has 2 aliphatic heterocycles. The van der Waals surface area contributed by atoms with Crippen LogP contribution in [0.1, 0.15) is 32.3 Å². The van der Waals surface area contributed by atoms with Gasteiger partial charge < -0.3 is 15.4 Å². The fourth-order valence-electron chi connectivity index (χ4n) is 4.34. The molecule has 2 fully saturated rings. The zero-order valence-electron chi connectivity index (χ0n) is 18.1. The molecule has 3 atom stereocenters. The molecule has 0 aromatic heterocycles. The first kappa shape index (κ1) is 24.4. The molecule has 164 valence electrons. The monoisotopic (exact) mass is 515 g/mol. The summed E-state index contributed by atoms with van der Waals surface area (Å²) in [6, 6.07) is 12.3. The molecular formula is C22H38IN5O. The Morgan fingerprint density at radius 3 is 2.76 bits per heavy atom. The molecule has 2 aliphatic rings. The highest BCUT2D eigenvalue weighted by Crippen LogP contribution is 2.19. The third-order valence-electron chi connectivity index (χ3n) is 6.01. The molecule has 0 bridgehead atoms. The third kappa shape index (κ3) is 7.38. The standard InChI is InChI=1S/C22H37N5O.HI/c1-18(27-12-13-28-17-19(27)2)14-24-22(23-3)25-15-21-10-7-11-26(21)16-20-8-5-4-6-9-20;/h4-6,8-9,18-19,21H,7,10-17H2,1-3H3,(H2,23,24,25);1H. The smallest absolute Gasteiger partial charge is 0.191 e. The number of hydrogen-bond donors (Lipinski definition) is 2. The molecule has 7 heteroatoms. The van der Waals surface area contributed by atoms with Gasteiger partial charge in [0.05, 0.1) is 13.2 Å². The molecule has 29 heavy (non-hydrogen) atoms. The largest absolute Gasteiger partial charge is 0.379 e. The van der Waals surface area contributed by atoms with Crippen molar-refractivity contribution in [3.05, 3.63) is 35.9 Å². The van der Waals surface area contributed by atoms with E-state index in [1.807, 2.05) is 7.05 Å². The van der Waals surface area contributed by atoms with Gasteiger partial charge >= 0.3 is 0 Å². The molecule has 0 spiro atoms. The summed E-state index contributed by atoms with van der Waals surface area (Å²) in [5.41, 5.74) is 1.39. The molecule has 0 radical (unpaired) electrons. The van der Waals surface area contributed by atoms with Gasteiger partial charge in [0.25, 0.3) is 0 Å². The van der Waals surface area contributed by atoms with E-state index in [9.17, 15) is 0 Å². The number of nitrogens with zero attached hydrogens (tertiary/aromatic N) is 3. The molecule has 6 nitrogen and oxygen atoms in total. The van der Waals surface area contributed by atoms with Crippen LogP contribution in [0.3, 0.4) is 0 Å². The van der Waals surface area contributed by atoms with Crippen LogP contribution in [0, 0.1) is 0 Å². The molecule has 3 unspecified atom stereocenters. The molecule has 0 aliphatic carbocycles. The van der Waals surface area contributed by atoms with Crippen molar-refractivity contribution in [1.29, 1.82) is 0 Å². The lowest BCUT2D eigenvalue weighted by molar-refractivity contribution is -0.0174. The summed E-state index contributed by atoms with van der Waals surface area (Å²) in [4.78, 5) is 9.53. The molecular weight excluding hydrogens is 477 g/mol. The Morgan fingerprint density at radius 2 is 2.03 bits per heavy atom. The minimum atomic E-state index is 0. The van der Waals surface area contributed by atoms with Gasteiger partial charge in [-0.3, -0.25) is 14.8 Å². The fourth-order valence-corrected chi connectivity index (χ4v) is 4.34. The van der Waals surface area contributed by atoms with Crippen LogP contribution in [0.2, 0.25) is 0 Å². The van der Waals surface area contributed by atoms with Crippen molar-refractivity contribution in [3.63, 3.8) is 0 Å². The van der Waals surface area contributed by atoms with Crippen molar-refractivity contribution in [2.24, 2.45) is 4.99 Å². The lowest BCUT2D eigenvalue weighted by atomic mass is 10.2. The van der Waals surface area contributed by atoms with Crippen LogP contribution < -0.4 is 10.6 Å². The Kier molecular flexibility index (Phi) is 10.7. The van der Waals surface area contributed by atoms with E-state index in [1.54, 1.807) is 0 Å². The number of morpholine rings is 1. The summed E-state index contributed by atoms with van der Waals surface area (Å²) >= 11 is 0. The minimum Gasteiger partial charge on any atom is -0.379 e. The highest BCUT2D eigenvalue weighted by Gasteiger charge is 2.25. The lowest BCUT2D eigenvalue weighted by Crippen LogP contribution is -2.53. The third-order valence-corrected chi connectivity index (χ3v) is 6.01. The quantitative estimate of drug-likeness (QED) is 0.332. The Balaban J connectivity index is 0.00000300. The Hall–Kier alpha value is -0.900. The van der Waals surface area contributed by atoms with Gasteiger partial charge in [-0.1, -0.05) is 30.3 Å². The van der Waals surface area contributed by atoms with Crippen molar-refractivity contribution < 1.29 is 4.74 Å². The van der Waals surface area contributed by atoms with Gasteiger partial charge in [0.1, 0.15) is 0 Å². The topological polar surface area (TPSA) is 52.1 Å². The van der Waals surface area contributed by atoms with E-state index in [1.165, 1.54) is 24.9 Å². The Morgan fingerprint density at radius 1 is 1.24 bits per heavy atom. The van der Waals surface area contributed by atoms with Crippen LogP contribution in [0.15, 0.2) is 35.3 Å². The summed E-state index contributed by atoms with van der Waals surface area (Å²) in [6.45, 7) is 11.2. The van der Waals surface area contributed by atoms with E-state index in [2.05, 4.69) is 69.6 Å². The van der Waals surface area contributed by atoms with Crippen LogP contribution >= 0.6 is 24.0 Å². The molecule has 2 N–H and O–H groups in total. The summed E-state index contributed by atoms with van der Waals surface area (Å²) in [5, 5.41) is 7.06. The van der Waals surface area contributed by atoms with Gasteiger partial charge in [0.2, 0.25) is 0 Å². The number of rotatable bonds is 7. The fraction of sp³-hybridized carbons (Fsp3) is 0.682. The molecule has 2 heterocycles. The first-order valence-corrected chi connectivity index (χ1v) is 10.7. The second-order valence-corrected chi connectivity index (χ2v) is 8.10. The van der Waals surface area contributed by atoms with E-state index in [0.29, 0.717) is 18.1 Å². The molecule has 1 aromatic carbocycles. The number of hydrogen-bond acceptors (Lipinski definition) is 4. The molecule has 2 saturated heterocycles. The van der Waals surface area contributed by atoms with Gasteiger partial charge in [-0.25, -0.2) is 0 Å². The summed E-state index contributed by atoms with van der Waals surface area (Å²) < 4.78 is 5.55. The first-order chi connectivity index (χ1) is 13.7. The Labute approximate surface area is 193 Å². The number of guanidine groups is 1. The molecule has 3 rings (SSSR count). The highest BCUT2D eigenvalue weighted by atomic mass is 127. The van der Waals surface area contributed by atoms with Crippen LogP contribution in [0.5, 0.6) is 0 Å². The zero-order chi connectivity index (χ0) is 19.8. The number of likely N-dealkylation sites (tertiary alicyclic amines) is 1. The average molecular weight is 515 g/mol. The SMILES string of the molecule is CN=C(NCC1CCCN1Cc1ccccc1)NCC(C)N1CCOCC1C.I. The Bertz CT molecular complexity index is 614. The second kappa shape index (κ2) is 12.7. The number of halogens is 1. The van der Waals surface area contributed by atoms with Gasteiger partial charge in [0.15, 0.2) is 5.96 Å². The maximum Gasteiger partial charge on any atom is 0.191 e. The average Bonchev–Trinajstić information content (AvgIpc) is 3.16. The van der Waals surface area contributed by atoms with E-state index in [0.717, 1.165) is 45.4 Å². The van der Waals surface area contributed by atoms with Crippen LogP contribution in [-0.4, -0.2) is 80.3 Å². The van der Waals surface area contributed by atoms with E-state index >= 15 is 0 Å². The predicted molar refractivity (Wildman–Crippen MR) is 131 cm³/mol. The van der Waals surface area contributed by atoms with Gasteiger partial charge in [-0.15, -0.1) is 24.0 Å². The van der Waals surface area contributed by atoms with E-state index in [4.69, 9.17) is 4.74 Å². The van der Waals surface area contributed by atoms with E-state index < -0.39 is 0 Å². The normalized spacial score (nSPS) is 24.7. The van der Waals surface area contributed by atoms with Crippen molar-refractivity contribution >= 4 is 29.9 Å². The number of nitrogens with one attached hydrogen (secondary N) is 2. The maximum atomic E-state index is 5.55. The highest BCUT2D eigenvalue weighted by molar-refractivity contribution is 14.0. The first-order valence-electron chi connectivity index (χ1n) is 10.7. The van der Waals surface area contributed by atoms with Crippen molar-refractivity contribution in [2.75, 3.05) is 46.4 Å². The van der Waals surface area contributed by atoms with E-state index in [-0.39, 0.29) is 24.0 Å². The summed E-state index contributed by atoms with van der Waals surface area (Å²) in [5.74, 6) is 0.902. The van der Waals surface area contributed by atoms with Gasteiger partial charge in [-0.2, -0.15) is 0 Å². The maximum absolute atomic E-state index is 5.55. The summed E-state index contributed by atoms with van der Waals surface area (Å²) in [7, 11) is 1.85. The number of ether oxygens (including phenoxy) is 1. The number of benzene rings is 1. The molecule has 1 aromatic rings. The van der Waals surface area contributed by atoms with Crippen molar-refractivity contribution in [1.82, 2.24) is 20.4 Å². The van der Waals surface area contributed by atoms with Crippen molar-refractivity contribution in [2.45, 2.75) is 51.4 Å².